The molecule has 120 valence electrons. The summed E-state index contributed by atoms with van der Waals surface area (Å²) in [5.74, 6) is -0.106. The van der Waals surface area contributed by atoms with E-state index in [2.05, 4.69) is 29.6 Å². The number of benzene rings is 2. The smallest absolute Gasteiger partial charge is 0.354 e. The van der Waals surface area contributed by atoms with Gasteiger partial charge < -0.3 is 10.1 Å². The second-order valence-electron chi connectivity index (χ2n) is 5.20. The Morgan fingerprint density at radius 3 is 2.00 bits per heavy atom. The second kappa shape index (κ2) is 8.79. The Balaban J connectivity index is 2.27. The highest BCUT2D eigenvalue weighted by Gasteiger charge is 2.15. The van der Waals surface area contributed by atoms with Crippen molar-refractivity contribution in [3.05, 3.63) is 83.6 Å². The van der Waals surface area contributed by atoms with Gasteiger partial charge in [0.2, 0.25) is 0 Å². The van der Waals surface area contributed by atoms with Crippen molar-refractivity contribution in [2.75, 3.05) is 13.7 Å². The van der Waals surface area contributed by atoms with Gasteiger partial charge in [0.15, 0.2) is 0 Å². The van der Waals surface area contributed by atoms with E-state index in [0.717, 1.165) is 6.42 Å². The van der Waals surface area contributed by atoms with Crippen LogP contribution in [0.5, 0.6) is 0 Å². The monoisotopic (exact) mass is 309 g/mol. The normalized spacial score (nSPS) is 11.3. The maximum absolute atomic E-state index is 11.9. The number of nitrogens with one attached hydrogen (secondary N) is 1. The lowest BCUT2D eigenvalue weighted by atomic mass is 9.88. The van der Waals surface area contributed by atoms with Crippen LogP contribution >= 0.6 is 0 Å². The fourth-order valence-corrected chi connectivity index (χ4v) is 2.57. The number of likely N-dealkylation sites (N-methyl/N-ethyl adjacent to an activating group) is 1. The third kappa shape index (κ3) is 4.71. The van der Waals surface area contributed by atoms with Crippen molar-refractivity contribution in [1.29, 1.82) is 0 Å². The minimum Gasteiger partial charge on any atom is -0.461 e. The standard InChI is InChI=1S/C20H23NO2/c1-3-23-20(22)19(21-2)15-14-18(16-10-6-4-7-11-16)17-12-8-5-9-13-17/h4-13,15,18,21H,3,14H2,1-2H3. The van der Waals surface area contributed by atoms with Gasteiger partial charge in [-0.15, -0.1) is 0 Å². The van der Waals surface area contributed by atoms with Crippen molar-refractivity contribution >= 4 is 5.97 Å². The van der Waals surface area contributed by atoms with Crippen LogP contribution in [-0.4, -0.2) is 19.6 Å². The van der Waals surface area contributed by atoms with Crippen LogP contribution in [-0.2, 0) is 9.53 Å². The van der Waals surface area contributed by atoms with Gasteiger partial charge in [0.25, 0.3) is 0 Å². The van der Waals surface area contributed by atoms with Crippen molar-refractivity contribution in [1.82, 2.24) is 5.32 Å². The van der Waals surface area contributed by atoms with Crippen LogP contribution in [0.1, 0.15) is 30.4 Å². The maximum atomic E-state index is 11.9. The minimum absolute atomic E-state index is 0.204. The van der Waals surface area contributed by atoms with E-state index >= 15 is 0 Å². The average Bonchev–Trinajstić information content (AvgIpc) is 2.60. The zero-order valence-corrected chi connectivity index (χ0v) is 13.7. The van der Waals surface area contributed by atoms with E-state index in [-0.39, 0.29) is 11.9 Å². The van der Waals surface area contributed by atoms with E-state index in [0.29, 0.717) is 12.3 Å². The lowest BCUT2D eigenvalue weighted by Gasteiger charge is -2.17. The number of rotatable bonds is 7. The largest absolute Gasteiger partial charge is 0.461 e. The third-order valence-electron chi connectivity index (χ3n) is 3.73. The van der Waals surface area contributed by atoms with Crippen LogP contribution in [0.15, 0.2) is 72.4 Å². The summed E-state index contributed by atoms with van der Waals surface area (Å²) >= 11 is 0. The number of carbonyl (C=O) groups is 1. The summed E-state index contributed by atoms with van der Waals surface area (Å²) in [6.07, 6.45) is 2.64. The zero-order chi connectivity index (χ0) is 16.5. The molecule has 0 bridgehead atoms. The molecule has 2 aromatic carbocycles. The third-order valence-corrected chi connectivity index (χ3v) is 3.73. The molecule has 23 heavy (non-hydrogen) atoms. The quantitative estimate of drug-likeness (QED) is 0.623. The molecule has 0 fully saturated rings. The molecule has 0 amide bonds. The molecule has 2 aromatic rings. The first-order valence-electron chi connectivity index (χ1n) is 7.91. The van der Waals surface area contributed by atoms with Gasteiger partial charge in [-0.25, -0.2) is 4.79 Å². The Hall–Kier alpha value is -2.55. The van der Waals surface area contributed by atoms with Gasteiger partial charge in [-0.3, -0.25) is 0 Å². The molecule has 3 heteroatoms. The molecule has 0 radical (unpaired) electrons. The predicted molar refractivity (Wildman–Crippen MR) is 93.1 cm³/mol. The van der Waals surface area contributed by atoms with Gasteiger partial charge in [0, 0.05) is 13.0 Å². The number of esters is 1. The zero-order valence-electron chi connectivity index (χ0n) is 13.7. The molecule has 3 nitrogen and oxygen atoms in total. The van der Waals surface area contributed by atoms with Crippen LogP contribution < -0.4 is 5.32 Å². The Bertz CT molecular complexity index is 596. The number of hydrogen-bond acceptors (Lipinski definition) is 3. The lowest BCUT2D eigenvalue weighted by Crippen LogP contribution is -2.19. The van der Waals surface area contributed by atoms with E-state index in [9.17, 15) is 4.79 Å². The van der Waals surface area contributed by atoms with Gasteiger partial charge in [-0.05, 0) is 24.5 Å². The number of allylic oxidation sites excluding steroid dienone is 1. The lowest BCUT2D eigenvalue weighted by molar-refractivity contribution is -0.138. The fourth-order valence-electron chi connectivity index (χ4n) is 2.57. The van der Waals surface area contributed by atoms with Gasteiger partial charge in [0.1, 0.15) is 5.70 Å². The summed E-state index contributed by atoms with van der Waals surface area (Å²) < 4.78 is 5.07. The first kappa shape index (κ1) is 16.8. The summed E-state index contributed by atoms with van der Waals surface area (Å²) in [7, 11) is 1.74. The van der Waals surface area contributed by atoms with Crippen LogP contribution in [0.2, 0.25) is 0 Å². The molecule has 0 atom stereocenters. The minimum atomic E-state index is -0.310. The molecular weight excluding hydrogens is 286 g/mol. The van der Waals surface area contributed by atoms with Crippen LogP contribution in [0.25, 0.3) is 0 Å². The highest BCUT2D eigenvalue weighted by atomic mass is 16.5. The van der Waals surface area contributed by atoms with Crippen LogP contribution in [0.3, 0.4) is 0 Å². The highest BCUT2D eigenvalue weighted by molar-refractivity contribution is 5.87. The van der Waals surface area contributed by atoms with Crippen LogP contribution in [0, 0.1) is 0 Å². The average molecular weight is 309 g/mol. The first-order valence-corrected chi connectivity index (χ1v) is 7.91. The van der Waals surface area contributed by atoms with E-state index in [1.54, 1.807) is 7.05 Å². The first-order chi connectivity index (χ1) is 11.3. The van der Waals surface area contributed by atoms with Crippen molar-refractivity contribution in [2.24, 2.45) is 0 Å². The molecule has 0 aliphatic heterocycles. The number of ether oxygens (including phenoxy) is 1. The van der Waals surface area contributed by atoms with Gasteiger partial charge in [-0.2, -0.15) is 0 Å². The molecule has 1 N–H and O–H groups in total. The summed E-state index contributed by atoms with van der Waals surface area (Å²) in [6, 6.07) is 20.7. The molecule has 0 aromatic heterocycles. The molecule has 0 aliphatic carbocycles. The van der Waals surface area contributed by atoms with Crippen molar-refractivity contribution in [2.45, 2.75) is 19.3 Å². The molecule has 0 aliphatic rings. The van der Waals surface area contributed by atoms with E-state index in [4.69, 9.17) is 4.74 Å². The van der Waals surface area contributed by atoms with Crippen molar-refractivity contribution in [3.63, 3.8) is 0 Å². The summed E-state index contributed by atoms with van der Waals surface area (Å²) in [5, 5.41) is 2.93. The SMILES string of the molecule is CCOC(=O)C(=CCC(c1ccccc1)c1ccccc1)NC. The van der Waals surface area contributed by atoms with Gasteiger partial charge in [-0.1, -0.05) is 66.7 Å². The van der Waals surface area contributed by atoms with E-state index in [1.807, 2.05) is 49.4 Å². The molecule has 0 heterocycles. The fraction of sp³-hybridized carbons (Fsp3) is 0.250. The highest BCUT2D eigenvalue weighted by Crippen LogP contribution is 2.28. The number of hydrogen-bond donors (Lipinski definition) is 1. The van der Waals surface area contributed by atoms with E-state index in [1.165, 1.54) is 11.1 Å². The predicted octanol–water partition coefficient (Wildman–Crippen LogP) is 3.88. The molecular formula is C20H23NO2. The van der Waals surface area contributed by atoms with Gasteiger partial charge in [0.05, 0.1) is 6.61 Å². The molecule has 0 spiro atoms. The Kier molecular flexibility index (Phi) is 6.42. The molecule has 2 rings (SSSR count). The molecule has 0 saturated heterocycles. The Labute approximate surface area is 138 Å². The van der Waals surface area contributed by atoms with Gasteiger partial charge >= 0.3 is 5.97 Å². The van der Waals surface area contributed by atoms with Crippen molar-refractivity contribution in [3.8, 4) is 0 Å². The molecule has 0 saturated carbocycles. The van der Waals surface area contributed by atoms with Crippen LogP contribution in [0.4, 0.5) is 0 Å². The van der Waals surface area contributed by atoms with E-state index < -0.39 is 0 Å². The maximum Gasteiger partial charge on any atom is 0.354 e. The molecule has 0 unspecified atom stereocenters. The summed E-state index contributed by atoms with van der Waals surface area (Å²) in [5.41, 5.74) is 2.97. The summed E-state index contributed by atoms with van der Waals surface area (Å²) in [6.45, 7) is 2.18. The Morgan fingerprint density at radius 2 is 1.57 bits per heavy atom. The number of carbonyl (C=O) groups excluding carboxylic acids is 1. The second-order valence-corrected chi connectivity index (χ2v) is 5.20. The van der Waals surface area contributed by atoms with Crippen molar-refractivity contribution < 1.29 is 9.53 Å². The summed E-state index contributed by atoms with van der Waals surface area (Å²) in [4.78, 5) is 11.9. The Morgan fingerprint density at radius 1 is 1.04 bits per heavy atom. The topological polar surface area (TPSA) is 38.3 Å².